The molecule has 1 amide bonds. The summed E-state index contributed by atoms with van der Waals surface area (Å²) in [5.41, 5.74) is 0.954. The van der Waals surface area contributed by atoms with Gasteiger partial charge in [-0.05, 0) is 36.6 Å². The van der Waals surface area contributed by atoms with Gasteiger partial charge in [0, 0.05) is 10.9 Å². The summed E-state index contributed by atoms with van der Waals surface area (Å²) in [5.74, 6) is 0.111. The second-order valence-electron chi connectivity index (χ2n) is 5.38. The van der Waals surface area contributed by atoms with Crippen molar-refractivity contribution in [2.75, 3.05) is 24.4 Å². The molecule has 2 aromatic rings. The minimum absolute atomic E-state index is 0.0761. The number of carbonyl (C=O) groups is 2. The lowest BCUT2D eigenvalue weighted by Gasteiger charge is -2.18. The van der Waals surface area contributed by atoms with Gasteiger partial charge < -0.3 is 9.47 Å². The van der Waals surface area contributed by atoms with Gasteiger partial charge in [0.15, 0.2) is 5.17 Å². The highest BCUT2D eigenvalue weighted by Crippen LogP contribution is 2.31. The molecule has 1 aromatic heterocycles. The van der Waals surface area contributed by atoms with Gasteiger partial charge in [0.2, 0.25) is 0 Å². The first-order chi connectivity index (χ1) is 13.1. The number of carbonyl (C=O) groups excluding carboxylic acids is 2. The van der Waals surface area contributed by atoms with Gasteiger partial charge >= 0.3 is 5.97 Å². The average Bonchev–Trinajstić information content (AvgIpc) is 3.29. The van der Waals surface area contributed by atoms with E-state index in [0.717, 1.165) is 4.88 Å². The lowest BCUT2D eigenvalue weighted by Crippen LogP contribution is -2.31. The van der Waals surface area contributed by atoms with Gasteiger partial charge in [-0.2, -0.15) is 0 Å². The number of esters is 1. The van der Waals surface area contributed by atoms with Gasteiger partial charge in [-0.25, -0.2) is 4.99 Å². The van der Waals surface area contributed by atoms with Crippen LogP contribution < -0.4 is 9.64 Å². The van der Waals surface area contributed by atoms with Crippen molar-refractivity contribution in [1.82, 2.24) is 0 Å². The summed E-state index contributed by atoms with van der Waals surface area (Å²) in [6.45, 7) is 2.07. The first-order valence-corrected chi connectivity index (χ1v) is 10.1. The maximum Gasteiger partial charge on any atom is 0.316 e. The molecule has 0 N–H and O–H groups in total. The van der Waals surface area contributed by atoms with Crippen molar-refractivity contribution in [1.29, 1.82) is 0 Å². The smallest absolute Gasteiger partial charge is 0.316 e. The van der Waals surface area contributed by atoms with E-state index in [1.165, 1.54) is 28.0 Å². The van der Waals surface area contributed by atoms with E-state index in [9.17, 15) is 9.59 Å². The van der Waals surface area contributed by atoms with Gasteiger partial charge in [-0.1, -0.05) is 23.9 Å². The Morgan fingerprint density at radius 3 is 2.89 bits per heavy atom. The molecule has 2 heterocycles. The number of methoxy groups -OCH3 is 1. The predicted molar refractivity (Wildman–Crippen MR) is 109 cm³/mol. The fourth-order valence-electron chi connectivity index (χ4n) is 2.40. The number of amides is 1. The van der Waals surface area contributed by atoms with Gasteiger partial charge in [-0.3, -0.25) is 14.5 Å². The Kier molecular flexibility index (Phi) is 6.31. The molecule has 3 rings (SSSR count). The molecule has 8 heteroatoms. The molecule has 0 spiro atoms. The average molecular weight is 402 g/mol. The van der Waals surface area contributed by atoms with Gasteiger partial charge in [0.05, 0.1) is 25.2 Å². The van der Waals surface area contributed by atoms with E-state index in [2.05, 4.69) is 4.99 Å². The molecule has 1 aromatic carbocycles. The Hall–Kier alpha value is -2.58. The molecule has 0 saturated heterocycles. The van der Waals surface area contributed by atoms with Crippen LogP contribution in [0.4, 0.5) is 5.69 Å². The summed E-state index contributed by atoms with van der Waals surface area (Å²) in [5, 5.41) is 2.37. The number of rotatable bonds is 6. The monoisotopic (exact) mass is 402 g/mol. The first-order valence-electron chi connectivity index (χ1n) is 8.23. The number of anilines is 1. The Labute approximate surface area is 165 Å². The summed E-state index contributed by atoms with van der Waals surface area (Å²) in [4.78, 5) is 31.6. The van der Waals surface area contributed by atoms with E-state index in [1.54, 1.807) is 44.4 Å². The van der Waals surface area contributed by atoms with Gasteiger partial charge in [0.1, 0.15) is 11.4 Å². The number of aliphatic imine (C=N–C) groups is 1. The molecular formula is C19H18N2O4S2. The minimum atomic E-state index is -0.348. The summed E-state index contributed by atoms with van der Waals surface area (Å²) in [7, 11) is 1.57. The zero-order chi connectivity index (χ0) is 19.2. The van der Waals surface area contributed by atoms with E-state index in [0.29, 0.717) is 28.9 Å². The maximum absolute atomic E-state index is 13.0. The van der Waals surface area contributed by atoms with Crippen molar-refractivity contribution < 1.29 is 19.1 Å². The molecule has 140 valence electrons. The highest BCUT2D eigenvalue weighted by atomic mass is 32.2. The number of ether oxygens (including phenoxy) is 2. The zero-order valence-corrected chi connectivity index (χ0v) is 16.5. The molecule has 0 radical (unpaired) electrons. The number of nitrogens with zero attached hydrogens (tertiary/aromatic N) is 2. The molecule has 0 aliphatic carbocycles. The minimum Gasteiger partial charge on any atom is -0.497 e. The standard InChI is InChI=1S/C19H18N2O4S2/c1-3-25-17(22)12-27-19-20-16(11-15-8-5-9-26-15)18(23)21(19)13-6-4-7-14(10-13)24-2/h4-11H,3,12H2,1-2H3. The number of thiophene rings is 1. The highest BCUT2D eigenvalue weighted by Gasteiger charge is 2.32. The van der Waals surface area contributed by atoms with Crippen molar-refractivity contribution >= 4 is 51.9 Å². The lowest BCUT2D eigenvalue weighted by molar-refractivity contribution is -0.139. The fraction of sp³-hybridized carbons (Fsp3) is 0.211. The third-order valence-electron chi connectivity index (χ3n) is 3.59. The predicted octanol–water partition coefficient (Wildman–Crippen LogP) is 3.80. The van der Waals surface area contributed by atoms with Crippen molar-refractivity contribution in [3.05, 3.63) is 52.4 Å². The third kappa shape index (κ3) is 4.58. The molecule has 6 nitrogen and oxygen atoms in total. The van der Waals surface area contributed by atoms with E-state index in [-0.39, 0.29) is 17.6 Å². The van der Waals surface area contributed by atoms with Crippen molar-refractivity contribution in [2.45, 2.75) is 6.92 Å². The number of thioether (sulfide) groups is 1. The van der Waals surface area contributed by atoms with E-state index in [1.807, 2.05) is 17.5 Å². The van der Waals surface area contributed by atoms with Crippen molar-refractivity contribution in [3.63, 3.8) is 0 Å². The molecule has 0 atom stereocenters. The van der Waals surface area contributed by atoms with Crippen LogP contribution >= 0.6 is 23.1 Å². The van der Waals surface area contributed by atoms with E-state index >= 15 is 0 Å². The third-order valence-corrected chi connectivity index (χ3v) is 5.32. The summed E-state index contributed by atoms with van der Waals surface area (Å²) < 4.78 is 10.2. The van der Waals surface area contributed by atoms with Crippen LogP contribution in [0.25, 0.3) is 6.08 Å². The Morgan fingerprint density at radius 2 is 2.19 bits per heavy atom. The van der Waals surface area contributed by atoms with Crippen LogP contribution in [0.5, 0.6) is 5.75 Å². The van der Waals surface area contributed by atoms with Crippen LogP contribution in [0.15, 0.2) is 52.5 Å². The molecule has 0 bridgehead atoms. The lowest BCUT2D eigenvalue weighted by atomic mass is 10.2. The highest BCUT2D eigenvalue weighted by molar-refractivity contribution is 8.14. The molecule has 1 aliphatic heterocycles. The van der Waals surface area contributed by atoms with Crippen molar-refractivity contribution in [2.24, 2.45) is 4.99 Å². The first kappa shape index (κ1) is 19.2. The number of benzene rings is 1. The topological polar surface area (TPSA) is 68.2 Å². The zero-order valence-electron chi connectivity index (χ0n) is 14.9. The summed E-state index contributed by atoms with van der Waals surface area (Å²) in [6, 6.07) is 11.0. The second kappa shape index (κ2) is 8.88. The maximum atomic E-state index is 13.0. The quantitative estimate of drug-likeness (QED) is 0.543. The molecule has 0 unspecified atom stereocenters. The van der Waals surface area contributed by atoms with Crippen LogP contribution in [-0.2, 0) is 14.3 Å². The molecule has 1 aliphatic rings. The van der Waals surface area contributed by atoms with Crippen LogP contribution in [0.2, 0.25) is 0 Å². The number of amidine groups is 1. The van der Waals surface area contributed by atoms with E-state index in [4.69, 9.17) is 9.47 Å². The van der Waals surface area contributed by atoms with Gasteiger partial charge in [0.25, 0.3) is 5.91 Å². The SMILES string of the molecule is CCOC(=O)CSC1=NC(=Cc2cccs2)C(=O)N1c1cccc(OC)c1. The largest absolute Gasteiger partial charge is 0.497 e. The summed E-state index contributed by atoms with van der Waals surface area (Å²) in [6.07, 6.45) is 1.75. The number of hydrogen-bond acceptors (Lipinski definition) is 7. The normalized spacial score (nSPS) is 15.2. The molecule has 27 heavy (non-hydrogen) atoms. The fourth-order valence-corrected chi connectivity index (χ4v) is 3.87. The molecule has 0 fully saturated rings. The van der Waals surface area contributed by atoms with Crippen molar-refractivity contribution in [3.8, 4) is 5.75 Å². The van der Waals surface area contributed by atoms with Gasteiger partial charge in [-0.15, -0.1) is 11.3 Å². The van der Waals surface area contributed by atoms with Crippen LogP contribution in [0, 0.1) is 0 Å². The van der Waals surface area contributed by atoms with Crippen LogP contribution in [-0.4, -0.2) is 36.5 Å². The Bertz CT molecular complexity index is 891. The Balaban J connectivity index is 1.92. The number of hydrogen-bond donors (Lipinski definition) is 0. The Morgan fingerprint density at radius 1 is 1.33 bits per heavy atom. The van der Waals surface area contributed by atoms with Crippen LogP contribution in [0.1, 0.15) is 11.8 Å². The second-order valence-corrected chi connectivity index (χ2v) is 7.30. The molecular weight excluding hydrogens is 384 g/mol. The molecule has 0 saturated carbocycles. The van der Waals surface area contributed by atoms with E-state index < -0.39 is 0 Å². The van der Waals surface area contributed by atoms with Crippen LogP contribution in [0.3, 0.4) is 0 Å². The summed E-state index contributed by atoms with van der Waals surface area (Å²) >= 11 is 2.69.